The number of hydrogen-bond donors (Lipinski definition) is 5. The highest BCUT2D eigenvalue weighted by Crippen LogP contribution is 2.31. The number of benzene rings is 2. The molecule has 2 aromatic carbocycles. The number of fused-ring (bicyclic) bond motifs is 2. The van der Waals surface area contributed by atoms with Crippen molar-refractivity contribution in [3.05, 3.63) is 65.9 Å². The number of aromatic amines is 1. The van der Waals surface area contributed by atoms with E-state index in [4.69, 9.17) is 4.74 Å². The van der Waals surface area contributed by atoms with Crippen molar-refractivity contribution in [3.63, 3.8) is 0 Å². The van der Waals surface area contributed by atoms with E-state index in [-0.39, 0.29) is 23.6 Å². The van der Waals surface area contributed by atoms with Gasteiger partial charge in [0.25, 0.3) is 0 Å². The highest BCUT2D eigenvalue weighted by molar-refractivity contribution is 5.96. The molecule has 0 saturated heterocycles. The molecule has 0 unspecified atom stereocenters. The van der Waals surface area contributed by atoms with Gasteiger partial charge in [-0.1, -0.05) is 63.1 Å². The van der Waals surface area contributed by atoms with Crippen molar-refractivity contribution < 1.29 is 19.1 Å². The SMILES string of the molecule is CC(C)C[C@@H]1NCCOc2ccccc2CCCNC(=O)[C@H](Cc2c[nH]c3ccccc23)NC(=O)C2(CCCC2)NC1=O. The number of amides is 3. The first-order valence-corrected chi connectivity index (χ1v) is 15.7. The molecule has 1 fully saturated rings. The van der Waals surface area contributed by atoms with E-state index in [1.807, 2.05) is 54.7 Å². The van der Waals surface area contributed by atoms with E-state index in [9.17, 15) is 14.4 Å². The van der Waals surface area contributed by atoms with Gasteiger partial charge in [0.1, 0.15) is 23.9 Å². The first-order valence-electron chi connectivity index (χ1n) is 15.7. The molecule has 5 rings (SSSR count). The Kier molecular flexibility index (Phi) is 10.0. The van der Waals surface area contributed by atoms with Crippen molar-refractivity contribution >= 4 is 28.6 Å². The monoisotopic (exact) mass is 587 g/mol. The van der Waals surface area contributed by atoms with Gasteiger partial charge in [-0.2, -0.15) is 0 Å². The zero-order valence-electron chi connectivity index (χ0n) is 25.3. The van der Waals surface area contributed by atoms with Gasteiger partial charge in [-0.3, -0.25) is 14.4 Å². The number of aryl methyl sites for hydroxylation is 1. The number of ether oxygens (including phenoxy) is 1. The Morgan fingerprint density at radius 2 is 1.67 bits per heavy atom. The van der Waals surface area contributed by atoms with Crippen LogP contribution >= 0.6 is 0 Å². The average molecular weight is 588 g/mol. The Labute approximate surface area is 253 Å². The molecule has 0 bridgehead atoms. The Morgan fingerprint density at radius 3 is 2.49 bits per heavy atom. The topological polar surface area (TPSA) is 124 Å². The van der Waals surface area contributed by atoms with Crippen LogP contribution < -0.4 is 26.0 Å². The lowest BCUT2D eigenvalue weighted by Gasteiger charge is -2.33. The summed E-state index contributed by atoms with van der Waals surface area (Å²) in [6, 6.07) is 14.6. The number of carbonyl (C=O) groups excluding carboxylic acids is 3. The minimum absolute atomic E-state index is 0.190. The van der Waals surface area contributed by atoms with Crippen LogP contribution in [-0.4, -0.2) is 60.0 Å². The van der Waals surface area contributed by atoms with Gasteiger partial charge in [-0.25, -0.2) is 0 Å². The summed E-state index contributed by atoms with van der Waals surface area (Å²) in [5.74, 6) is 0.379. The standard InChI is InChI=1S/C34H45N5O4/c1-23(2)20-28-32(41)39-34(15-7-8-16-34)33(42)38-29(21-25-22-37-27-13-5-4-12-26(25)27)31(40)36-17-9-11-24-10-3-6-14-30(24)43-19-18-35-28/h3-6,10,12-14,22-23,28-29,35,37H,7-9,11,15-21H2,1-2H3,(H,36,40)(H,38,42)(H,39,41)/t28-,29-/m0/s1. The van der Waals surface area contributed by atoms with Crippen LogP contribution in [0.15, 0.2) is 54.7 Å². The van der Waals surface area contributed by atoms with Crippen LogP contribution in [0.4, 0.5) is 0 Å². The molecule has 1 spiro atoms. The second-order valence-electron chi connectivity index (χ2n) is 12.4. The van der Waals surface area contributed by atoms with E-state index in [1.54, 1.807) is 0 Å². The van der Waals surface area contributed by atoms with Crippen molar-refractivity contribution in [2.24, 2.45) is 5.92 Å². The number of carbonyl (C=O) groups is 3. The van der Waals surface area contributed by atoms with Gasteiger partial charge in [0.05, 0.1) is 6.04 Å². The molecule has 1 aromatic heterocycles. The number of H-pyrrole nitrogens is 1. The van der Waals surface area contributed by atoms with Gasteiger partial charge < -0.3 is 31.0 Å². The molecule has 1 aliphatic carbocycles. The van der Waals surface area contributed by atoms with Gasteiger partial charge in [0.2, 0.25) is 17.7 Å². The average Bonchev–Trinajstić information content (AvgIpc) is 3.64. The van der Waals surface area contributed by atoms with Gasteiger partial charge in [0.15, 0.2) is 0 Å². The molecule has 3 amide bonds. The third-order valence-corrected chi connectivity index (χ3v) is 8.64. The summed E-state index contributed by atoms with van der Waals surface area (Å²) in [5, 5.41) is 13.7. The van der Waals surface area contributed by atoms with Crippen LogP contribution in [0, 0.1) is 5.92 Å². The number of nitrogens with one attached hydrogen (secondary N) is 5. The first kappa shape index (κ1) is 30.6. The Morgan fingerprint density at radius 1 is 0.907 bits per heavy atom. The lowest BCUT2D eigenvalue weighted by atomic mass is 9.93. The van der Waals surface area contributed by atoms with Crippen LogP contribution in [0.3, 0.4) is 0 Å². The van der Waals surface area contributed by atoms with E-state index in [0.29, 0.717) is 45.4 Å². The first-order chi connectivity index (χ1) is 20.8. The second-order valence-corrected chi connectivity index (χ2v) is 12.4. The van der Waals surface area contributed by atoms with Crippen LogP contribution in [0.5, 0.6) is 5.75 Å². The number of aromatic nitrogens is 1. The molecule has 230 valence electrons. The maximum absolute atomic E-state index is 14.0. The maximum Gasteiger partial charge on any atom is 0.246 e. The van der Waals surface area contributed by atoms with Crippen LogP contribution in [0.1, 0.15) is 63.5 Å². The van der Waals surface area contributed by atoms with Crippen molar-refractivity contribution in [2.45, 2.75) is 82.8 Å². The molecule has 5 N–H and O–H groups in total. The summed E-state index contributed by atoms with van der Waals surface area (Å²) >= 11 is 0. The van der Waals surface area contributed by atoms with Gasteiger partial charge >= 0.3 is 0 Å². The summed E-state index contributed by atoms with van der Waals surface area (Å²) < 4.78 is 6.12. The van der Waals surface area contributed by atoms with Gasteiger partial charge in [0, 0.05) is 36.6 Å². The normalized spacial score (nSPS) is 22.3. The molecule has 2 heterocycles. The Bertz CT molecular complexity index is 1410. The highest BCUT2D eigenvalue weighted by atomic mass is 16.5. The lowest BCUT2D eigenvalue weighted by Crippen LogP contribution is -2.63. The summed E-state index contributed by atoms with van der Waals surface area (Å²) in [7, 11) is 0. The molecule has 3 aromatic rings. The molecule has 2 aliphatic rings. The van der Waals surface area contributed by atoms with E-state index >= 15 is 0 Å². The molecular weight excluding hydrogens is 542 g/mol. The quantitative estimate of drug-likeness (QED) is 0.318. The third kappa shape index (κ3) is 7.57. The predicted octanol–water partition coefficient (Wildman–Crippen LogP) is 3.77. The van der Waals surface area contributed by atoms with Crippen LogP contribution in [0.25, 0.3) is 10.9 Å². The van der Waals surface area contributed by atoms with E-state index in [1.165, 1.54) is 0 Å². The lowest BCUT2D eigenvalue weighted by molar-refractivity contribution is -0.136. The summed E-state index contributed by atoms with van der Waals surface area (Å²) in [4.78, 5) is 44.7. The van der Waals surface area contributed by atoms with Crippen molar-refractivity contribution in [3.8, 4) is 5.75 Å². The predicted molar refractivity (Wildman–Crippen MR) is 168 cm³/mol. The van der Waals surface area contributed by atoms with E-state index in [2.05, 4.69) is 40.1 Å². The van der Waals surface area contributed by atoms with Crippen LogP contribution in [-0.2, 0) is 27.2 Å². The highest BCUT2D eigenvalue weighted by Gasteiger charge is 2.44. The third-order valence-electron chi connectivity index (χ3n) is 8.64. The summed E-state index contributed by atoms with van der Waals surface area (Å²) in [6.07, 6.45) is 7.10. The van der Waals surface area contributed by atoms with Gasteiger partial charge in [-0.05, 0) is 61.3 Å². The number of hydrogen-bond acceptors (Lipinski definition) is 5. The zero-order chi connectivity index (χ0) is 30.2. The maximum atomic E-state index is 14.0. The van der Waals surface area contributed by atoms with E-state index in [0.717, 1.165) is 53.5 Å². The molecule has 2 atom stereocenters. The fourth-order valence-electron chi connectivity index (χ4n) is 6.35. The Balaban J connectivity index is 1.42. The van der Waals surface area contributed by atoms with Crippen molar-refractivity contribution in [1.82, 2.24) is 26.3 Å². The molecule has 0 radical (unpaired) electrons. The zero-order valence-corrected chi connectivity index (χ0v) is 25.3. The van der Waals surface area contributed by atoms with Crippen LogP contribution in [0.2, 0.25) is 0 Å². The number of para-hydroxylation sites is 2. The summed E-state index contributed by atoms with van der Waals surface area (Å²) in [6.45, 7) is 5.55. The molecule has 9 nitrogen and oxygen atoms in total. The van der Waals surface area contributed by atoms with E-state index < -0.39 is 17.6 Å². The van der Waals surface area contributed by atoms with Gasteiger partial charge in [-0.15, -0.1) is 0 Å². The fourth-order valence-corrected chi connectivity index (χ4v) is 6.35. The molecule has 1 aliphatic heterocycles. The smallest absolute Gasteiger partial charge is 0.246 e. The minimum Gasteiger partial charge on any atom is -0.492 e. The fraction of sp³-hybridized carbons (Fsp3) is 0.500. The molecule has 9 heteroatoms. The summed E-state index contributed by atoms with van der Waals surface area (Å²) in [5.41, 5.74) is 1.96. The molecular formula is C34H45N5O4. The van der Waals surface area contributed by atoms with Crippen molar-refractivity contribution in [2.75, 3.05) is 19.7 Å². The number of rotatable bonds is 4. The largest absolute Gasteiger partial charge is 0.492 e. The molecule has 43 heavy (non-hydrogen) atoms. The van der Waals surface area contributed by atoms with Crippen molar-refractivity contribution in [1.29, 1.82) is 0 Å². The molecule has 1 saturated carbocycles. The Hall–Kier alpha value is -3.85. The second kappa shape index (κ2) is 14.1. The minimum atomic E-state index is -1.05.